The van der Waals surface area contributed by atoms with Crippen molar-refractivity contribution in [3.05, 3.63) is 139 Å². The summed E-state index contributed by atoms with van der Waals surface area (Å²) in [5.41, 5.74) is 5.29. The third-order valence-electron chi connectivity index (χ3n) is 5.72. The second kappa shape index (κ2) is 7.18. The number of nitrogens with zero attached hydrogens (tertiary/aromatic N) is 2. The van der Waals surface area contributed by atoms with Crippen LogP contribution >= 0.6 is 0 Å². The summed E-state index contributed by atoms with van der Waals surface area (Å²) in [6, 6.07) is 24.7. The first-order chi connectivity index (χ1) is 15.1. The van der Waals surface area contributed by atoms with Crippen LogP contribution in [0.3, 0.4) is 0 Å². The van der Waals surface area contributed by atoms with Crippen molar-refractivity contribution in [1.29, 1.82) is 0 Å². The van der Waals surface area contributed by atoms with Crippen LogP contribution in [0.2, 0.25) is 0 Å². The molecule has 0 atom stereocenters. The Bertz CT molecular complexity index is 1300. The van der Waals surface area contributed by atoms with Gasteiger partial charge in [0.15, 0.2) is 0 Å². The average Bonchev–Trinajstić information content (AvgIpc) is 3.13. The topological polar surface area (TPSA) is 86.3 Å². The molecule has 6 nitrogen and oxygen atoms in total. The van der Waals surface area contributed by atoms with Crippen molar-refractivity contribution in [3.63, 3.8) is 0 Å². The number of benzene rings is 3. The monoisotopic (exact) mass is 408 g/mol. The van der Waals surface area contributed by atoms with Gasteiger partial charge in [0.25, 0.3) is 0 Å². The fourth-order valence-electron chi connectivity index (χ4n) is 4.44. The van der Waals surface area contributed by atoms with E-state index in [-0.39, 0.29) is 6.42 Å². The lowest BCUT2D eigenvalue weighted by molar-refractivity contribution is -0.465. The largest absolute Gasteiger partial charge is 0.350 e. The van der Waals surface area contributed by atoms with E-state index in [4.69, 9.17) is 0 Å². The Morgan fingerprint density at radius 3 is 1.68 bits per heavy atom. The van der Waals surface area contributed by atoms with Crippen LogP contribution in [0.5, 0.6) is 0 Å². The predicted octanol–water partition coefficient (Wildman–Crippen LogP) is 5.72. The van der Waals surface area contributed by atoms with Crippen LogP contribution in [-0.2, 0) is 0 Å². The van der Waals surface area contributed by atoms with Gasteiger partial charge in [-0.05, 0) is 33.4 Å². The molecule has 0 radical (unpaired) electrons. The van der Waals surface area contributed by atoms with E-state index < -0.39 is 21.2 Å². The second-order valence-corrected chi connectivity index (χ2v) is 7.41. The maximum atomic E-state index is 12.1. The second-order valence-electron chi connectivity index (χ2n) is 7.41. The highest BCUT2D eigenvalue weighted by Gasteiger charge is 2.40. The number of hydrogen-bond donors (Lipinski definition) is 0. The van der Waals surface area contributed by atoms with Crippen LogP contribution in [-0.4, -0.2) is 9.85 Å². The smallest absolute Gasteiger partial charge is 0.258 e. The van der Waals surface area contributed by atoms with Crippen molar-refractivity contribution in [2.45, 2.75) is 6.42 Å². The van der Waals surface area contributed by atoms with E-state index in [1.165, 1.54) is 6.08 Å². The maximum absolute atomic E-state index is 12.1. The lowest BCUT2D eigenvalue weighted by Gasteiger charge is -2.17. The minimum atomic E-state index is -0.659. The maximum Gasteiger partial charge on any atom is 0.350 e. The van der Waals surface area contributed by atoms with Crippen molar-refractivity contribution in [2.75, 3.05) is 0 Å². The van der Waals surface area contributed by atoms with Gasteiger partial charge in [-0.25, -0.2) is 0 Å². The van der Waals surface area contributed by atoms with Gasteiger partial charge in [0, 0.05) is 18.1 Å². The molecule has 0 heterocycles. The molecule has 0 unspecified atom stereocenters. The van der Waals surface area contributed by atoms with Crippen LogP contribution in [0.4, 0.5) is 0 Å². The summed E-state index contributed by atoms with van der Waals surface area (Å²) in [6.07, 6.45) is 1.57. The van der Waals surface area contributed by atoms with Crippen LogP contribution in [0.1, 0.15) is 23.1 Å². The molecule has 0 amide bonds. The molecular weight excluding hydrogens is 392 g/mol. The molecule has 2 aliphatic carbocycles. The number of fused-ring (bicyclic) bond motifs is 3. The Labute approximate surface area is 177 Å². The molecule has 3 aromatic rings. The number of allylic oxidation sites excluding steroid dienone is 3. The van der Waals surface area contributed by atoms with E-state index in [9.17, 15) is 20.2 Å². The van der Waals surface area contributed by atoms with Gasteiger partial charge in [-0.1, -0.05) is 78.9 Å². The van der Waals surface area contributed by atoms with Gasteiger partial charge in [0.1, 0.15) is 0 Å². The molecule has 0 aromatic heterocycles. The first-order valence-electron chi connectivity index (χ1n) is 9.78. The Morgan fingerprint density at radius 2 is 1.16 bits per heavy atom. The molecule has 31 heavy (non-hydrogen) atoms. The summed E-state index contributed by atoms with van der Waals surface area (Å²) in [4.78, 5) is 22.7. The van der Waals surface area contributed by atoms with E-state index >= 15 is 0 Å². The van der Waals surface area contributed by atoms with Crippen LogP contribution in [0, 0.1) is 20.2 Å². The Hall–Kier alpha value is -4.32. The summed E-state index contributed by atoms with van der Waals surface area (Å²) in [7, 11) is 0. The molecule has 0 fully saturated rings. The zero-order chi connectivity index (χ0) is 21.5. The SMILES string of the molecule is O=[N+]([O-])C1=C([N+](=O)[O-])C(=C2c3ccccc3-c3ccccc32)CC(c2ccccc2)=C1. The molecular formula is C25H16N2O4. The number of nitro groups is 2. The Balaban J connectivity index is 1.86. The van der Waals surface area contributed by atoms with Crippen molar-refractivity contribution in [3.8, 4) is 11.1 Å². The van der Waals surface area contributed by atoms with Gasteiger partial charge in [-0.15, -0.1) is 0 Å². The summed E-state index contributed by atoms with van der Waals surface area (Å²) >= 11 is 0. The minimum absolute atomic E-state index is 0.232. The molecule has 0 spiro atoms. The molecule has 6 heteroatoms. The van der Waals surface area contributed by atoms with Gasteiger partial charge in [-0.3, -0.25) is 20.2 Å². The standard InChI is InChI=1S/C25H16N2O4/c28-26(29)23-15-17(16-8-2-1-3-9-16)14-22(25(23)27(30)31)24-20-12-6-4-10-18(20)19-11-5-7-13-21(19)24/h1-13,15H,14H2. The molecule has 0 saturated carbocycles. The average molecular weight is 408 g/mol. The van der Waals surface area contributed by atoms with E-state index in [1.807, 2.05) is 78.9 Å². The molecule has 0 aliphatic heterocycles. The van der Waals surface area contributed by atoms with Crippen LogP contribution in [0.15, 0.2) is 102 Å². The van der Waals surface area contributed by atoms with E-state index in [0.29, 0.717) is 16.7 Å². The lowest BCUT2D eigenvalue weighted by Crippen LogP contribution is -2.16. The fourth-order valence-corrected chi connectivity index (χ4v) is 4.44. The third kappa shape index (κ3) is 2.97. The summed E-state index contributed by atoms with van der Waals surface area (Å²) < 4.78 is 0. The van der Waals surface area contributed by atoms with Crippen LogP contribution in [0.25, 0.3) is 22.3 Å². The number of hydrogen-bond acceptors (Lipinski definition) is 4. The molecule has 150 valence electrons. The number of rotatable bonds is 3. The first kappa shape index (κ1) is 18.7. The molecule has 0 bridgehead atoms. The lowest BCUT2D eigenvalue weighted by atomic mass is 9.85. The highest BCUT2D eigenvalue weighted by atomic mass is 16.6. The molecule has 2 aliphatic rings. The van der Waals surface area contributed by atoms with Gasteiger partial charge >= 0.3 is 11.4 Å². The molecule has 5 rings (SSSR count). The molecule has 0 N–H and O–H groups in total. The zero-order valence-corrected chi connectivity index (χ0v) is 16.3. The summed E-state index contributed by atoms with van der Waals surface area (Å²) in [6.45, 7) is 0. The summed E-state index contributed by atoms with van der Waals surface area (Å²) in [5.74, 6) is 0. The van der Waals surface area contributed by atoms with E-state index in [1.54, 1.807) is 0 Å². The normalized spacial score (nSPS) is 14.8. The summed E-state index contributed by atoms with van der Waals surface area (Å²) in [5, 5.41) is 24.0. The van der Waals surface area contributed by atoms with E-state index in [2.05, 4.69) is 0 Å². The van der Waals surface area contributed by atoms with Gasteiger partial charge in [0.2, 0.25) is 0 Å². The fraction of sp³-hybridized carbons (Fsp3) is 0.0400. The van der Waals surface area contributed by atoms with Crippen molar-refractivity contribution >= 4 is 11.1 Å². The first-order valence-corrected chi connectivity index (χ1v) is 9.78. The highest BCUT2D eigenvalue weighted by Crippen LogP contribution is 2.49. The highest BCUT2D eigenvalue weighted by molar-refractivity contribution is 6.03. The Kier molecular flexibility index (Phi) is 4.33. The third-order valence-corrected chi connectivity index (χ3v) is 5.72. The van der Waals surface area contributed by atoms with Crippen molar-refractivity contribution in [2.24, 2.45) is 0 Å². The van der Waals surface area contributed by atoms with Gasteiger partial charge in [0.05, 0.1) is 15.4 Å². The van der Waals surface area contributed by atoms with Crippen LogP contribution < -0.4 is 0 Å². The molecule has 3 aromatic carbocycles. The van der Waals surface area contributed by atoms with Crippen molar-refractivity contribution < 1.29 is 9.85 Å². The minimum Gasteiger partial charge on any atom is -0.258 e. The zero-order valence-electron chi connectivity index (χ0n) is 16.3. The predicted molar refractivity (Wildman–Crippen MR) is 118 cm³/mol. The molecule has 0 saturated heterocycles. The van der Waals surface area contributed by atoms with Gasteiger partial charge in [-0.2, -0.15) is 0 Å². The van der Waals surface area contributed by atoms with Crippen molar-refractivity contribution in [1.82, 2.24) is 0 Å². The van der Waals surface area contributed by atoms with Gasteiger partial charge < -0.3 is 0 Å². The van der Waals surface area contributed by atoms with E-state index in [0.717, 1.165) is 27.8 Å². The Morgan fingerprint density at radius 1 is 0.645 bits per heavy atom. The quantitative estimate of drug-likeness (QED) is 0.320.